The lowest BCUT2D eigenvalue weighted by Crippen LogP contribution is -2.13. The smallest absolute Gasteiger partial charge is 0.357 e. The molecule has 8 nitrogen and oxygen atoms in total. The molecule has 1 heterocycles. The number of non-ortho nitro benzene ring substituents is 1. The van der Waals surface area contributed by atoms with Gasteiger partial charge in [0.25, 0.3) is 5.69 Å². The van der Waals surface area contributed by atoms with E-state index in [0.717, 1.165) is 7.11 Å². The number of nitrogens with zero attached hydrogens (tertiary/aromatic N) is 2. The average Bonchev–Trinajstić information content (AvgIpc) is 2.53. The molecule has 0 amide bonds. The Morgan fingerprint density at radius 1 is 1.32 bits per heavy atom. The van der Waals surface area contributed by atoms with Crippen molar-refractivity contribution in [2.45, 2.75) is 0 Å². The van der Waals surface area contributed by atoms with Gasteiger partial charge >= 0.3 is 11.9 Å². The van der Waals surface area contributed by atoms with Crippen LogP contribution < -0.4 is 0 Å². The van der Waals surface area contributed by atoms with Gasteiger partial charge in [-0.2, -0.15) is 0 Å². The summed E-state index contributed by atoms with van der Waals surface area (Å²) in [7, 11) is 1.11. The van der Waals surface area contributed by atoms with Crippen molar-refractivity contribution < 1.29 is 24.4 Å². The summed E-state index contributed by atoms with van der Waals surface area (Å²) in [5, 5.41) is 20.2. The highest BCUT2D eigenvalue weighted by Gasteiger charge is 2.24. The molecule has 8 heteroatoms. The van der Waals surface area contributed by atoms with Gasteiger partial charge in [0.1, 0.15) is 5.56 Å². The van der Waals surface area contributed by atoms with Crippen molar-refractivity contribution in [2.75, 3.05) is 7.11 Å². The second kappa shape index (κ2) is 6.00. The number of carbonyl (C=O) groups is 2. The summed E-state index contributed by atoms with van der Waals surface area (Å²) in [4.78, 5) is 37.1. The van der Waals surface area contributed by atoms with Crippen LogP contribution in [0.2, 0.25) is 0 Å². The van der Waals surface area contributed by atoms with Crippen LogP contribution in [0, 0.1) is 10.1 Å². The molecule has 2 aromatic rings. The molecular formula is C14H10N2O6. The molecule has 1 aromatic carbocycles. The fourth-order valence-corrected chi connectivity index (χ4v) is 1.96. The maximum atomic E-state index is 11.6. The maximum Gasteiger partial charge on any atom is 0.357 e. The molecule has 0 atom stereocenters. The molecule has 0 aliphatic heterocycles. The maximum absolute atomic E-state index is 11.6. The minimum absolute atomic E-state index is 0.145. The Bertz CT molecular complexity index is 772. The van der Waals surface area contributed by atoms with Gasteiger partial charge in [0, 0.05) is 23.9 Å². The van der Waals surface area contributed by atoms with E-state index in [1.165, 1.54) is 36.5 Å². The molecule has 0 radical (unpaired) electrons. The number of benzene rings is 1. The van der Waals surface area contributed by atoms with Crippen LogP contribution in [-0.4, -0.2) is 34.1 Å². The van der Waals surface area contributed by atoms with E-state index in [4.69, 9.17) is 0 Å². The predicted octanol–water partition coefficient (Wildman–Crippen LogP) is 2.14. The Balaban J connectivity index is 2.70. The zero-order valence-corrected chi connectivity index (χ0v) is 11.3. The number of carboxylic acids is 1. The predicted molar refractivity (Wildman–Crippen MR) is 74.6 cm³/mol. The quantitative estimate of drug-likeness (QED) is 0.522. The Kier molecular flexibility index (Phi) is 4.12. The number of ether oxygens (including phenoxy) is 1. The number of esters is 1. The Labute approximate surface area is 124 Å². The Hall–Kier alpha value is -3.29. The van der Waals surface area contributed by atoms with E-state index in [1.54, 1.807) is 0 Å². The number of hydrogen-bond acceptors (Lipinski definition) is 6. The van der Waals surface area contributed by atoms with Gasteiger partial charge in [0.15, 0.2) is 5.69 Å². The zero-order chi connectivity index (χ0) is 16.3. The lowest BCUT2D eigenvalue weighted by molar-refractivity contribution is -0.384. The van der Waals surface area contributed by atoms with Crippen molar-refractivity contribution in [1.29, 1.82) is 0 Å². The van der Waals surface area contributed by atoms with Crippen molar-refractivity contribution in [1.82, 2.24) is 4.98 Å². The minimum Gasteiger partial charge on any atom is -0.478 e. The number of aromatic carboxylic acids is 1. The first-order valence-electron chi connectivity index (χ1n) is 6.01. The molecule has 2 rings (SSSR count). The highest BCUT2D eigenvalue weighted by molar-refractivity contribution is 6.05. The summed E-state index contributed by atoms with van der Waals surface area (Å²) in [6.07, 6.45) is 1.24. The molecule has 1 N–H and O–H groups in total. The van der Waals surface area contributed by atoms with Crippen molar-refractivity contribution in [2.24, 2.45) is 0 Å². The first-order chi connectivity index (χ1) is 10.5. The molecule has 0 unspecified atom stereocenters. The van der Waals surface area contributed by atoms with E-state index in [9.17, 15) is 24.8 Å². The highest BCUT2D eigenvalue weighted by Crippen LogP contribution is 2.28. The SMILES string of the molecule is COC(=O)c1nccc(-c2cccc([N+](=O)[O-])c2)c1C(=O)O. The van der Waals surface area contributed by atoms with E-state index in [1.807, 2.05) is 0 Å². The molecule has 0 bridgehead atoms. The summed E-state index contributed by atoms with van der Waals surface area (Å²) >= 11 is 0. The molecule has 22 heavy (non-hydrogen) atoms. The van der Waals surface area contributed by atoms with Gasteiger partial charge in [-0.15, -0.1) is 0 Å². The van der Waals surface area contributed by atoms with Gasteiger partial charge in [-0.05, 0) is 11.6 Å². The van der Waals surface area contributed by atoms with Crippen LogP contribution in [0.25, 0.3) is 11.1 Å². The number of carboxylic acid groups (broad SMARTS) is 1. The van der Waals surface area contributed by atoms with E-state index in [2.05, 4.69) is 9.72 Å². The van der Waals surface area contributed by atoms with E-state index < -0.39 is 16.9 Å². The van der Waals surface area contributed by atoms with Crippen LogP contribution in [-0.2, 0) is 4.74 Å². The van der Waals surface area contributed by atoms with Crippen LogP contribution in [0.5, 0.6) is 0 Å². The molecule has 0 saturated heterocycles. The molecule has 0 saturated carbocycles. The third-order valence-electron chi connectivity index (χ3n) is 2.91. The molecule has 0 spiro atoms. The van der Waals surface area contributed by atoms with Gasteiger partial charge in [0.05, 0.1) is 12.0 Å². The summed E-state index contributed by atoms with van der Waals surface area (Å²) in [5.41, 5.74) is -0.482. The van der Waals surface area contributed by atoms with Crippen LogP contribution in [0.1, 0.15) is 20.8 Å². The van der Waals surface area contributed by atoms with Crippen molar-refractivity contribution in [3.63, 3.8) is 0 Å². The van der Waals surface area contributed by atoms with Crippen LogP contribution in [0.3, 0.4) is 0 Å². The number of rotatable bonds is 4. The lowest BCUT2D eigenvalue weighted by atomic mass is 9.98. The lowest BCUT2D eigenvalue weighted by Gasteiger charge is -2.09. The number of carbonyl (C=O) groups excluding carboxylic acids is 1. The van der Waals surface area contributed by atoms with E-state index in [0.29, 0.717) is 5.56 Å². The number of pyridine rings is 1. The first kappa shape index (κ1) is 15.1. The van der Waals surface area contributed by atoms with E-state index in [-0.39, 0.29) is 22.5 Å². The number of aromatic nitrogens is 1. The Morgan fingerprint density at radius 3 is 2.64 bits per heavy atom. The van der Waals surface area contributed by atoms with Gasteiger partial charge in [-0.25, -0.2) is 14.6 Å². The number of hydrogen-bond donors (Lipinski definition) is 1. The minimum atomic E-state index is -1.38. The van der Waals surface area contributed by atoms with Gasteiger partial charge in [-0.1, -0.05) is 12.1 Å². The van der Waals surface area contributed by atoms with Crippen LogP contribution in [0.4, 0.5) is 5.69 Å². The van der Waals surface area contributed by atoms with Crippen molar-refractivity contribution in [3.05, 3.63) is 57.9 Å². The number of nitro benzene ring substituents is 1. The standard InChI is InChI=1S/C14H10N2O6/c1-22-14(19)12-11(13(17)18)10(5-6-15-12)8-3-2-4-9(7-8)16(20)21/h2-7H,1H3,(H,17,18). The largest absolute Gasteiger partial charge is 0.478 e. The zero-order valence-electron chi connectivity index (χ0n) is 11.3. The molecule has 0 fully saturated rings. The third-order valence-corrected chi connectivity index (χ3v) is 2.91. The third kappa shape index (κ3) is 2.75. The average molecular weight is 302 g/mol. The molecule has 0 aliphatic carbocycles. The van der Waals surface area contributed by atoms with Crippen LogP contribution in [0.15, 0.2) is 36.5 Å². The number of methoxy groups -OCH3 is 1. The molecule has 0 aliphatic rings. The van der Waals surface area contributed by atoms with Gasteiger partial charge < -0.3 is 9.84 Å². The monoisotopic (exact) mass is 302 g/mol. The van der Waals surface area contributed by atoms with Crippen LogP contribution >= 0.6 is 0 Å². The van der Waals surface area contributed by atoms with Crippen molar-refractivity contribution >= 4 is 17.6 Å². The van der Waals surface area contributed by atoms with Gasteiger partial charge in [-0.3, -0.25) is 10.1 Å². The second-order valence-corrected chi connectivity index (χ2v) is 4.19. The Morgan fingerprint density at radius 2 is 2.05 bits per heavy atom. The van der Waals surface area contributed by atoms with Crippen molar-refractivity contribution in [3.8, 4) is 11.1 Å². The first-order valence-corrected chi connectivity index (χ1v) is 6.01. The molecule has 112 valence electrons. The number of nitro groups is 1. The summed E-state index contributed by atoms with van der Waals surface area (Å²) < 4.78 is 4.51. The second-order valence-electron chi connectivity index (χ2n) is 4.19. The summed E-state index contributed by atoms with van der Waals surface area (Å²) in [6, 6.07) is 6.82. The summed E-state index contributed by atoms with van der Waals surface area (Å²) in [6.45, 7) is 0. The summed E-state index contributed by atoms with van der Waals surface area (Å²) in [5.74, 6) is -2.28. The fraction of sp³-hybridized carbons (Fsp3) is 0.0714. The van der Waals surface area contributed by atoms with Gasteiger partial charge in [0.2, 0.25) is 0 Å². The topological polar surface area (TPSA) is 120 Å². The molecule has 1 aromatic heterocycles. The normalized spacial score (nSPS) is 10.0. The fourth-order valence-electron chi connectivity index (χ4n) is 1.96. The van der Waals surface area contributed by atoms with E-state index >= 15 is 0 Å². The highest BCUT2D eigenvalue weighted by atomic mass is 16.6. The molecular weight excluding hydrogens is 292 g/mol.